The van der Waals surface area contributed by atoms with Gasteiger partial charge in [0.1, 0.15) is 5.60 Å². The molecule has 3 aromatic rings. The van der Waals surface area contributed by atoms with Gasteiger partial charge < -0.3 is 9.72 Å². The molecule has 0 unspecified atom stereocenters. The zero-order valence-electron chi connectivity index (χ0n) is 18.0. The monoisotopic (exact) mass is 433 g/mol. The van der Waals surface area contributed by atoms with Crippen LogP contribution in [0.5, 0.6) is 0 Å². The van der Waals surface area contributed by atoms with Gasteiger partial charge in [0.2, 0.25) is 5.95 Å². The summed E-state index contributed by atoms with van der Waals surface area (Å²) in [6.45, 7) is 5.48. The molecule has 0 radical (unpaired) electrons. The van der Waals surface area contributed by atoms with Crippen LogP contribution in [0.4, 0.5) is 10.7 Å². The predicted octanol–water partition coefficient (Wildman–Crippen LogP) is 3.66. The molecule has 0 spiro atoms. The number of carbonyl (C=O) groups is 3. The predicted molar refractivity (Wildman–Crippen MR) is 117 cm³/mol. The van der Waals surface area contributed by atoms with Crippen molar-refractivity contribution >= 4 is 23.9 Å². The van der Waals surface area contributed by atoms with Crippen LogP contribution in [0.3, 0.4) is 0 Å². The molecule has 164 valence electrons. The summed E-state index contributed by atoms with van der Waals surface area (Å²) in [5, 5.41) is 2.67. The van der Waals surface area contributed by atoms with E-state index in [0.717, 1.165) is 10.6 Å². The van der Waals surface area contributed by atoms with E-state index in [2.05, 4.69) is 20.3 Å². The maximum Gasteiger partial charge on any atom is 0.417 e. The van der Waals surface area contributed by atoms with Crippen molar-refractivity contribution in [3.63, 3.8) is 0 Å². The SMILES string of the molecule is CC(C)(C)OC(=O)N1CCc2[nH]c(-c3ccnc(NC(=O)c4ccccc4)n3)cc2C1=O. The Bertz CT molecular complexity index is 1180. The fourth-order valence-electron chi connectivity index (χ4n) is 3.32. The number of fused-ring (bicyclic) bond motifs is 1. The number of amides is 3. The summed E-state index contributed by atoms with van der Waals surface area (Å²) in [4.78, 5) is 50.4. The molecule has 9 heteroatoms. The number of nitrogens with zero attached hydrogens (tertiary/aromatic N) is 3. The van der Waals surface area contributed by atoms with E-state index in [1.807, 2.05) is 6.07 Å². The first-order valence-electron chi connectivity index (χ1n) is 10.2. The smallest absolute Gasteiger partial charge is 0.417 e. The maximum atomic E-state index is 12.9. The van der Waals surface area contributed by atoms with E-state index < -0.39 is 17.6 Å². The first-order valence-corrected chi connectivity index (χ1v) is 10.2. The molecule has 0 saturated heterocycles. The third-order valence-electron chi connectivity index (χ3n) is 4.77. The number of benzene rings is 1. The summed E-state index contributed by atoms with van der Waals surface area (Å²) < 4.78 is 5.34. The molecular weight excluding hydrogens is 410 g/mol. The molecule has 1 aliphatic heterocycles. The highest BCUT2D eigenvalue weighted by atomic mass is 16.6. The molecule has 0 aliphatic carbocycles. The Balaban J connectivity index is 1.54. The Morgan fingerprint density at radius 1 is 1.16 bits per heavy atom. The van der Waals surface area contributed by atoms with E-state index >= 15 is 0 Å². The van der Waals surface area contributed by atoms with Crippen LogP contribution in [0.2, 0.25) is 0 Å². The zero-order chi connectivity index (χ0) is 22.9. The van der Waals surface area contributed by atoms with Gasteiger partial charge in [0.05, 0.1) is 17.0 Å². The van der Waals surface area contributed by atoms with Gasteiger partial charge in [-0.15, -0.1) is 0 Å². The number of aromatic nitrogens is 3. The Hall–Kier alpha value is -4.01. The second kappa shape index (κ2) is 8.26. The van der Waals surface area contributed by atoms with Crippen molar-refractivity contribution in [1.82, 2.24) is 19.9 Å². The van der Waals surface area contributed by atoms with Gasteiger partial charge in [-0.2, -0.15) is 0 Å². The topological polar surface area (TPSA) is 117 Å². The van der Waals surface area contributed by atoms with Crippen molar-refractivity contribution in [2.45, 2.75) is 32.8 Å². The van der Waals surface area contributed by atoms with Gasteiger partial charge in [0.15, 0.2) is 0 Å². The van der Waals surface area contributed by atoms with Crippen LogP contribution >= 0.6 is 0 Å². The molecule has 2 N–H and O–H groups in total. The fraction of sp³-hybridized carbons (Fsp3) is 0.261. The number of imide groups is 1. The summed E-state index contributed by atoms with van der Waals surface area (Å²) in [5.74, 6) is -0.600. The second-order valence-electron chi connectivity index (χ2n) is 8.35. The number of H-pyrrole nitrogens is 1. The van der Waals surface area contributed by atoms with Crippen LogP contribution in [0, 0.1) is 0 Å². The second-order valence-corrected chi connectivity index (χ2v) is 8.35. The van der Waals surface area contributed by atoms with Gasteiger partial charge in [-0.25, -0.2) is 19.7 Å². The van der Waals surface area contributed by atoms with Crippen molar-refractivity contribution in [3.05, 3.63) is 65.5 Å². The van der Waals surface area contributed by atoms with E-state index in [4.69, 9.17) is 4.74 Å². The first kappa shape index (κ1) is 21.2. The van der Waals surface area contributed by atoms with Crippen LogP contribution < -0.4 is 5.32 Å². The minimum Gasteiger partial charge on any atom is -0.443 e. The molecule has 3 amide bonds. The van der Waals surface area contributed by atoms with Gasteiger partial charge >= 0.3 is 6.09 Å². The number of anilines is 1. The highest BCUT2D eigenvalue weighted by molar-refractivity contribution is 6.05. The molecule has 2 aromatic heterocycles. The Morgan fingerprint density at radius 2 is 1.91 bits per heavy atom. The molecule has 32 heavy (non-hydrogen) atoms. The van der Waals surface area contributed by atoms with Crippen molar-refractivity contribution in [2.24, 2.45) is 0 Å². The van der Waals surface area contributed by atoms with Gasteiger partial charge in [0, 0.05) is 30.4 Å². The molecule has 1 aliphatic rings. The summed E-state index contributed by atoms with van der Waals surface area (Å²) >= 11 is 0. The number of nitrogens with one attached hydrogen (secondary N) is 2. The average molecular weight is 433 g/mol. The third-order valence-corrected chi connectivity index (χ3v) is 4.77. The van der Waals surface area contributed by atoms with E-state index in [1.54, 1.807) is 57.2 Å². The molecular formula is C23H23N5O4. The van der Waals surface area contributed by atoms with Crippen LogP contribution in [-0.2, 0) is 11.2 Å². The molecule has 0 saturated carbocycles. The van der Waals surface area contributed by atoms with Gasteiger partial charge in [-0.1, -0.05) is 18.2 Å². The van der Waals surface area contributed by atoms with Gasteiger partial charge in [-0.3, -0.25) is 14.9 Å². The lowest BCUT2D eigenvalue weighted by molar-refractivity contribution is 0.0233. The Kier molecular flexibility index (Phi) is 5.48. The molecule has 1 aromatic carbocycles. The zero-order valence-corrected chi connectivity index (χ0v) is 18.0. The van der Waals surface area contributed by atoms with E-state index in [-0.39, 0.29) is 18.4 Å². The lowest BCUT2D eigenvalue weighted by atomic mass is 10.1. The number of hydrogen-bond acceptors (Lipinski definition) is 6. The Labute approximate surface area is 184 Å². The Morgan fingerprint density at radius 3 is 2.62 bits per heavy atom. The van der Waals surface area contributed by atoms with E-state index in [0.29, 0.717) is 28.9 Å². The van der Waals surface area contributed by atoms with Gasteiger partial charge in [0.25, 0.3) is 11.8 Å². The number of aromatic amines is 1. The largest absolute Gasteiger partial charge is 0.443 e. The van der Waals surface area contributed by atoms with Gasteiger partial charge in [-0.05, 0) is 45.0 Å². The van der Waals surface area contributed by atoms with Crippen molar-refractivity contribution < 1.29 is 19.1 Å². The van der Waals surface area contributed by atoms with Crippen LogP contribution in [0.15, 0.2) is 48.7 Å². The summed E-state index contributed by atoms with van der Waals surface area (Å²) in [5.41, 5.74) is 2.01. The quantitative estimate of drug-likeness (QED) is 0.651. The molecule has 0 bridgehead atoms. The van der Waals surface area contributed by atoms with Crippen molar-refractivity contribution in [1.29, 1.82) is 0 Å². The minimum absolute atomic E-state index is 0.144. The summed E-state index contributed by atoms with van der Waals surface area (Å²) in [6, 6.07) is 12.1. The third kappa shape index (κ3) is 4.51. The van der Waals surface area contributed by atoms with Crippen LogP contribution in [-0.4, -0.2) is 49.9 Å². The number of ether oxygens (including phenoxy) is 1. The fourth-order valence-corrected chi connectivity index (χ4v) is 3.32. The lowest BCUT2D eigenvalue weighted by Crippen LogP contribution is -2.44. The molecule has 3 heterocycles. The highest BCUT2D eigenvalue weighted by Crippen LogP contribution is 2.26. The number of hydrogen-bond donors (Lipinski definition) is 2. The molecule has 0 atom stereocenters. The normalized spacial score (nSPS) is 13.5. The van der Waals surface area contributed by atoms with Crippen LogP contribution in [0.25, 0.3) is 11.4 Å². The maximum absolute atomic E-state index is 12.9. The number of rotatable bonds is 3. The number of carbonyl (C=O) groups excluding carboxylic acids is 3. The summed E-state index contributed by atoms with van der Waals surface area (Å²) in [6.07, 6.45) is 1.34. The minimum atomic E-state index is -0.692. The molecule has 9 nitrogen and oxygen atoms in total. The van der Waals surface area contributed by atoms with Crippen LogP contribution in [0.1, 0.15) is 47.2 Å². The first-order chi connectivity index (χ1) is 15.2. The average Bonchev–Trinajstić information content (AvgIpc) is 3.19. The summed E-state index contributed by atoms with van der Waals surface area (Å²) in [7, 11) is 0. The molecule has 0 fully saturated rings. The van der Waals surface area contributed by atoms with Crippen molar-refractivity contribution in [2.75, 3.05) is 11.9 Å². The highest BCUT2D eigenvalue weighted by Gasteiger charge is 2.33. The van der Waals surface area contributed by atoms with E-state index in [9.17, 15) is 14.4 Å². The standard InChI is InChI=1S/C23H23N5O4/c1-23(2,3)32-22(31)28-12-10-16-15(20(28)30)13-18(25-16)17-9-11-24-21(26-17)27-19(29)14-7-5-4-6-8-14/h4-9,11,13,25H,10,12H2,1-3H3,(H,24,26,27,29). The lowest BCUT2D eigenvalue weighted by Gasteiger charge is -2.28. The van der Waals surface area contributed by atoms with E-state index in [1.165, 1.54) is 6.20 Å². The van der Waals surface area contributed by atoms with Crippen molar-refractivity contribution in [3.8, 4) is 11.4 Å². The molecule has 4 rings (SSSR count).